The molecule has 2 amide bonds. The van der Waals surface area contributed by atoms with Crippen molar-refractivity contribution in [2.45, 2.75) is 10.8 Å². The summed E-state index contributed by atoms with van der Waals surface area (Å²) in [7, 11) is 0. The van der Waals surface area contributed by atoms with Crippen LogP contribution in [-0.2, 0) is 0 Å². The van der Waals surface area contributed by atoms with Crippen LogP contribution >= 0.6 is 27.7 Å². The van der Waals surface area contributed by atoms with Crippen molar-refractivity contribution in [2.24, 2.45) is 0 Å². The van der Waals surface area contributed by atoms with Crippen LogP contribution < -0.4 is 0 Å². The summed E-state index contributed by atoms with van der Waals surface area (Å²) in [4.78, 5) is 48.4. The molecule has 0 aliphatic carbocycles. The number of fused-ring (bicyclic) bond motifs is 1. The van der Waals surface area contributed by atoms with Crippen molar-refractivity contribution in [2.75, 3.05) is 6.54 Å². The SMILES string of the molecule is O=C(c1ccc(Br)cc1)C(CN1C(=O)c2ccc([N+](=O)[O-])cc2C1=O)SC(F)(F)F. The Morgan fingerprint density at radius 3 is 2.27 bits per heavy atom. The van der Waals surface area contributed by atoms with Crippen molar-refractivity contribution in [3.8, 4) is 0 Å². The van der Waals surface area contributed by atoms with E-state index >= 15 is 0 Å². The highest BCUT2D eigenvalue weighted by molar-refractivity contribution is 9.10. The maximum Gasteiger partial charge on any atom is 0.442 e. The number of nitro benzene ring substituents is 1. The van der Waals surface area contributed by atoms with Gasteiger partial charge in [0.1, 0.15) is 0 Å². The van der Waals surface area contributed by atoms with E-state index in [1.807, 2.05) is 0 Å². The number of halogens is 4. The van der Waals surface area contributed by atoms with Crippen LogP contribution in [0.3, 0.4) is 0 Å². The first-order chi connectivity index (χ1) is 14.0. The minimum Gasteiger partial charge on any atom is -0.293 e. The van der Waals surface area contributed by atoms with Gasteiger partial charge in [-0.1, -0.05) is 28.1 Å². The zero-order chi connectivity index (χ0) is 22.2. The number of nitro groups is 1. The number of non-ortho nitro benzene ring substituents is 1. The van der Waals surface area contributed by atoms with Gasteiger partial charge >= 0.3 is 5.51 Å². The van der Waals surface area contributed by atoms with Crippen molar-refractivity contribution >= 4 is 51.0 Å². The quantitative estimate of drug-likeness (QED) is 0.250. The van der Waals surface area contributed by atoms with Gasteiger partial charge in [0.15, 0.2) is 5.78 Å². The van der Waals surface area contributed by atoms with E-state index in [1.54, 1.807) is 0 Å². The number of hydrogen-bond acceptors (Lipinski definition) is 6. The largest absolute Gasteiger partial charge is 0.442 e. The molecule has 2 aromatic carbocycles. The molecule has 1 heterocycles. The number of benzene rings is 2. The number of nitrogens with zero attached hydrogens (tertiary/aromatic N) is 2. The lowest BCUT2D eigenvalue weighted by molar-refractivity contribution is -0.384. The Morgan fingerprint density at radius 2 is 1.70 bits per heavy atom. The fourth-order valence-electron chi connectivity index (χ4n) is 2.86. The van der Waals surface area contributed by atoms with Crippen LogP contribution in [0.5, 0.6) is 0 Å². The van der Waals surface area contributed by atoms with Gasteiger partial charge in [0.2, 0.25) is 0 Å². The van der Waals surface area contributed by atoms with Crippen molar-refractivity contribution in [1.82, 2.24) is 4.90 Å². The first-order valence-electron chi connectivity index (χ1n) is 8.17. The molecule has 0 saturated heterocycles. The van der Waals surface area contributed by atoms with E-state index in [4.69, 9.17) is 0 Å². The molecule has 1 unspecified atom stereocenters. The Morgan fingerprint density at radius 1 is 1.10 bits per heavy atom. The van der Waals surface area contributed by atoms with Crippen molar-refractivity contribution in [3.05, 3.63) is 73.7 Å². The second-order valence-electron chi connectivity index (χ2n) is 6.13. The van der Waals surface area contributed by atoms with Gasteiger partial charge in [-0.05, 0) is 30.0 Å². The number of imide groups is 1. The third-order valence-electron chi connectivity index (χ3n) is 4.21. The first-order valence-corrected chi connectivity index (χ1v) is 9.84. The molecule has 1 aliphatic rings. The molecule has 0 bridgehead atoms. The minimum absolute atomic E-state index is 0.0211. The van der Waals surface area contributed by atoms with E-state index in [1.165, 1.54) is 24.3 Å². The van der Waals surface area contributed by atoms with E-state index in [-0.39, 0.29) is 16.7 Å². The number of carbonyl (C=O) groups is 3. The summed E-state index contributed by atoms with van der Waals surface area (Å²) >= 11 is 2.53. The summed E-state index contributed by atoms with van der Waals surface area (Å²) in [5.41, 5.74) is -5.72. The summed E-state index contributed by atoms with van der Waals surface area (Å²) in [6.45, 7) is -0.834. The fourth-order valence-corrected chi connectivity index (χ4v) is 3.91. The lowest BCUT2D eigenvalue weighted by Gasteiger charge is -2.22. The van der Waals surface area contributed by atoms with Crippen molar-refractivity contribution < 1.29 is 32.5 Å². The molecule has 1 atom stereocenters. The lowest BCUT2D eigenvalue weighted by atomic mass is 10.1. The predicted molar refractivity (Wildman–Crippen MR) is 104 cm³/mol. The van der Waals surface area contributed by atoms with E-state index in [0.717, 1.165) is 18.2 Å². The van der Waals surface area contributed by atoms with Crippen LogP contribution in [0.25, 0.3) is 0 Å². The summed E-state index contributed by atoms with van der Waals surface area (Å²) in [5, 5.41) is 9.09. The third-order valence-corrected chi connectivity index (χ3v) is 5.65. The zero-order valence-electron chi connectivity index (χ0n) is 14.7. The van der Waals surface area contributed by atoms with Gasteiger partial charge in [0.05, 0.1) is 21.3 Å². The minimum atomic E-state index is -4.80. The second-order valence-corrected chi connectivity index (χ2v) is 8.31. The van der Waals surface area contributed by atoms with Gasteiger partial charge in [0, 0.05) is 28.7 Å². The number of hydrogen-bond donors (Lipinski definition) is 0. The van der Waals surface area contributed by atoms with Crippen LogP contribution in [0.1, 0.15) is 31.1 Å². The molecule has 0 N–H and O–H groups in total. The van der Waals surface area contributed by atoms with E-state index < -0.39 is 57.3 Å². The standard InChI is InChI=1S/C18H10BrF3N2O5S/c19-10-3-1-9(2-4-10)15(25)14(30-18(20,21)22)8-23-16(26)12-6-5-11(24(28)29)7-13(12)17(23)27/h1-7,14H,8H2. The summed E-state index contributed by atoms with van der Waals surface area (Å²) in [6, 6.07) is 8.56. The molecular weight excluding hydrogens is 493 g/mol. The number of rotatable bonds is 6. The van der Waals surface area contributed by atoms with Gasteiger partial charge < -0.3 is 0 Å². The highest BCUT2D eigenvalue weighted by atomic mass is 79.9. The molecule has 1 aliphatic heterocycles. The van der Waals surface area contributed by atoms with Crippen LogP contribution in [-0.4, -0.2) is 44.7 Å². The summed E-state index contributed by atoms with van der Waals surface area (Å²) in [5.74, 6) is -2.82. The van der Waals surface area contributed by atoms with Crippen LogP contribution in [0, 0.1) is 10.1 Å². The highest BCUT2D eigenvalue weighted by Gasteiger charge is 2.43. The van der Waals surface area contributed by atoms with Crippen molar-refractivity contribution in [3.63, 3.8) is 0 Å². The van der Waals surface area contributed by atoms with Gasteiger partial charge in [0.25, 0.3) is 17.5 Å². The first kappa shape index (κ1) is 22.0. The molecule has 0 aromatic heterocycles. The topological polar surface area (TPSA) is 97.6 Å². The fraction of sp³-hybridized carbons (Fsp3) is 0.167. The smallest absolute Gasteiger partial charge is 0.293 e. The van der Waals surface area contributed by atoms with Crippen LogP contribution in [0.15, 0.2) is 46.9 Å². The monoisotopic (exact) mass is 502 g/mol. The Hall–Kier alpha value is -2.73. The molecule has 0 fully saturated rings. The van der Waals surface area contributed by atoms with E-state index in [9.17, 15) is 37.7 Å². The molecule has 30 heavy (non-hydrogen) atoms. The van der Waals surface area contributed by atoms with E-state index in [0.29, 0.717) is 9.37 Å². The van der Waals surface area contributed by atoms with Crippen LogP contribution in [0.2, 0.25) is 0 Å². The predicted octanol–water partition coefficient (Wildman–Crippen LogP) is 4.46. The number of alkyl halides is 3. The highest BCUT2D eigenvalue weighted by Crippen LogP contribution is 2.37. The molecule has 2 aromatic rings. The number of Topliss-reactive ketones (excluding diaryl/α,β-unsaturated/α-hetero) is 1. The Bertz CT molecular complexity index is 1060. The number of carbonyl (C=O) groups excluding carboxylic acids is 3. The summed E-state index contributed by atoms with van der Waals surface area (Å²) in [6.07, 6.45) is 0. The normalized spacial score (nSPS) is 14.6. The van der Waals surface area contributed by atoms with Gasteiger partial charge in [-0.2, -0.15) is 13.2 Å². The Balaban J connectivity index is 1.91. The number of amides is 2. The van der Waals surface area contributed by atoms with Crippen molar-refractivity contribution in [1.29, 1.82) is 0 Å². The van der Waals surface area contributed by atoms with Crippen LogP contribution in [0.4, 0.5) is 18.9 Å². The Kier molecular flexibility index (Phi) is 5.99. The average molecular weight is 503 g/mol. The number of thioether (sulfide) groups is 1. The Labute approximate surface area is 179 Å². The third kappa shape index (κ3) is 4.54. The van der Waals surface area contributed by atoms with Gasteiger partial charge in [-0.25, -0.2) is 0 Å². The second kappa shape index (κ2) is 8.19. The van der Waals surface area contributed by atoms with Gasteiger partial charge in [-0.3, -0.25) is 29.4 Å². The lowest BCUT2D eigenvalue weighted by Crippen LogP contribution is -2.40. The molecular formula is C18H10BrF3N2O5S. The average Bonchev–Trinajstić information content (AvgIpc) is 2.91. The molecule has 0 saturated carbocycles. The maximum absolute atomic E-state index is 13.1. The van der Waals surface area contributed by atoms with E-state index in [2.05, 4.69) is 15.9 Å². The molecule has 3 rings (SSSR count). The zero-order valence-corrected chi connectivity index (χ0v) is 17.1. The van der Waals surface area contributed by atoms with Gasteiger partial charge in [-0.15, -0.1) is 0 Å². The molecule has 156 valence electrons. The molecule has 0 spiro atoms. The maximum atomic E-state index is 13.1. The number of ketones is 1. The molecule has 12 heteroatoms. The summed E-state index contributed by atoms with van der Waals surface area (Å²) < 4.78 is 39.8. The molecule has 7 nitrogen and oxygen atoms in total. The molecule has 0 radical (unpaired) electrons.